The summed E-state index contributed by atoms with van der Waals surface area (Å²) in [5.41, 5.74) is 3.34. The summed E-state index contributed by atoms with van der Waals surface area (Å²) in [7, 11) is 0. The molecule has 0 saturated heterocycles. The Labute approximate surface area is 126 Å². The Hall–Kier alpha value is -1.81. The van der Waals surface area contributed by atoms with Crippen molar-refractivity contribution in [2.75, 3.05) is 11.4 Å². The van der Waals surface area contributed by atoms with Crippen LogP contribution >= 0.6 is 15.9 Å². The molecule has 0 bridgehead atoms. The lowest BCUT2D eigenvalue weighted by molar-refractivity contribution is 0.246. The molecule has 4 heteroatoms. The highest BCUT2D eigenvalue weighted by atomic mass is 79.9. The van der Waals surface area contributed by atoms with Gasteiger partial charge in [0.2, 0.25) is 0 Å². The third-order valence-electron chi connectivity index (χ3n) is 3.52. The molecule has 102 valence electrons. The normalized spacial score (nSPS) is 13.2. The van der Waals surface area contributed by atoms with E-state index in [1.807, 2.05) is 47.4 Å². The van der Waals surface area contributed by atoms with E-state index in [9.17, 15) is 4.79 Å². The highest BCUT2D eigenvalue weighted by molar-refractivity contribution is 9.10. The van der Waals surface area contributed by atoms with E-state index in [0.29, 0.717) is 6.54 Å². The van der Waals surface area contributed by atoms with Crippen molar-refractivity contribution in [1.29, 1.82) is 0 Å². The standard InChI is InChI=1S/C16H15BrN2O/c17-14-7-3-1-6-13(14)11-18-16(20)19-10-9-12-5-2-4-8-15(12)19/h1-8H,9-11H2,(H,18,20). The molecule has 0 spiro atoms. The van der Waals surface area contributed by atoms with Gasteiger partial charge in [-0.15, -0.1) is 0 Å². The van der Waals surface area contributed by atoms with Gasteiger partial charge in [-0.3, -0.25) is 4.90 Å². The van der Waals surface area contributed by atoms with Gasteiger partial charge in [0.15, 0.2) is 0 Å². The average molecular weight is 331 g/mol. The number of rotatable bonds is 2. The Morgan fingerprint density at radius 3 is 2.75 bits per heavy atom. The number of carbonyl (C=O) groups excluding carboxylic acids is 1. The SMILES string of the molecule is O=C(NCc1ccccc1Br)N1CCc2ccccc21. The van der Waals surface area contributed by atoms with Crippen LogP contribution in [0, 0.1) is 0 Å². The molecule has 1 heterocycles. The van der Waals surface area contributed by atoms with E-state index in [1.54, 1.807) is 0 Å². The van der Waals surface area contributed by atoms with Crippen LogP contribution in [0.3, 0.4) is 0 Å². The number of hydrogen-bond donors (Lipinski definition) is 1. The molecule has 0 saturated carbocycles. The largest absolute Gasteiger partial charge is 0.334 e. The lowest BCUT2D eigenvalue weighted by Crippen LogP contribution is -2.38. The zero-order chi connectivity index (χ0) is 13.9. The molecule has 2 aromatic rings. The minimum atomic E-state index is -0.0364. The summed E-state index contributed by atoms with van der Waals surface area (Å²) >= 11 is 3.49. The van der Waals surface area contributed by atoms with Crippen molar-refractivity contribution >= 4 is 27.6 Å². The molecule has 1 aliphatic heterocycles. The number of para-hydroxylation sites is 1. The van der Waals surface area contributed by atoms with Gasteiger partial charge in [0.1, 0.15) is 0 Å². The van der Waals surface area contributed by atoms with Crippen LogP contribution in [-0.4, -0.2) is 12.6 Å². The first-order valence-electron chi connectivity index (χ1n) is 6.62. The molecule has 1 aliphatic rings. The predicted molar refractivity (Wildman–Crippen MR) is 83.9 cm³/mol. The smallest absolute Gasteiger partial charge is 0.322 e. The summed E-state index contributed by atoms with van der Waals surface area (Å²) in [4.78, 5) is 14.1. The Balaban J connectivity index is 1.68. The summed E-state index contributed by atoms with van der Waals surface area (Å²) in [6.07, 6.45) is 0.929. The van der Waals surface area contributed by atoms with Gasteiger partial charge in [-0.2, -0.15) is 0 Å². The first-order valence-corrected chi connectivity index (χ1v) is 7.41. The van der Waals surface area contributed by atoms with Crippen molar-refractivity contribution in [3.8, 4) is 0 Å². The van der Waals surface area contributed by atoms with Crippen LogP contribution in [0.4, 0.5) is 10.5 Å². The fourth-order valence-electron chi connectivity index (χ4n) is 2.46. The minimum Gasteiger partial charge on any atom is -0.334 e. The number of anilines is 1. The third kappa shape index (κ3) is 2.56. The van der Waals surface area contributed by atoms with Gasteiger partial charge < -0.3 is 5.32 Å². The molecule has 0 atom stereocenters. The van der Waals surface area contributed by atoms with E-state index >= 15 is 0 Å². The summed E-state index contributed by atoms with van der Waals surface area (Å²) in [6, 6.07) is 15.9. The van der Waals surface area contributed by atoms with Crippen LogP contribution in [0.15, 0.2) is 53.0 Å². The van der Waals surface area contributed by atoms with Crippen LogP contribution in [0.2, 0.25) is 0 Å². The zero-order valence-electron chi connectivity index (χ0n) is 11.0. The first-order chi connectivity index (χ1) is 9.75. The number of urea groups is 1. The Morgan fingerprint density at radius 1 is 1.15 bits per heavy atom. The first kappa shape index (κ1) is 13.2. The van der Waals surface area contributed by atoms with E-state index < -0.39 is 0 Å². The topological polar surface area (TPSA) is 32.3 Å². The number of hydrogen-bond acceptors (Lipinski definition) is 1. The summed E-state index contributed by atoms with van der Waals surface area (Å²) < 4.78 is 1.02. The van der Waals surface area contributed by atoms with Gasteiger partial charge >= 0.3 is 6.03 Å². The van der Waals surface area contributed by atoms with Crippen LogP contribution < -0.4 is 10.2 Å². The molecule has 0 fully saturated rings. The Morgan fingerprint density at radius 2 is 1.90 bits per heavy atom. The predicted octanol–water partition coefficient (Wildman–Crippen LogP) is 3.72. The van der Waals surface area contributed by atoms with Crippen LogP contribution in [0.1, 0.15) is 11.1 Å². The van der Waals surface area contributed by atoms with Gasteiger partial charge in [0, 0.05) is 23.2 Å². The maximum absolute atomic E-state index is 12.3. The second-order valence-corrected chi connectivity index (χ2v) is 5.63. The molecule has 2 amide bonds. The number of nitrogens with one attached hydrogen (secondary N) is 1. The number of amides is 2. The molecule has 0 unspecified atom stereocenters. The zero-order valence-corrected chi connectivity index (χ0v) is 12.6. The molecular weight excluding hydrogens is 316 g/mol. The van der Waals surface area contributed by atoms with Crippen molar-refractivity contribution < 1.29 is 4.79 Å². The number of benzene rings is 2. The minimum absolute atomic E-state index is 0.0364. The van der Waals surface area contributed by atoms with Crippen LogP contribution in [0.5, 0.6) is 0 Å². The molecule has 2 aromatic carbocycles. The second kappa shape index (κ2) is 5.67. The maximum Gasteiger partial charge on any atom is 0.322 e. The number of carbonyl (C=O) groups is 1. The van der Waals surface area contributed by atoms with E-state index in [2.05, 4.69) is 27.3 Å². The second-order valence-electron chi connectivity index (χ2n) is 4.78. The van der Waals surface area contributed by atoms with Gasteiger partial charge in [-0.25, -0.2) is 4.79 Å². The number of halogens is 1. The van der Waals surface area contributed by atoms with Crippen molar-refractivity contribution in [1.82, 2.24) is 5.32 Å². The van der Waals surface area contributed by atoms with E-state index in [-0.39, 0.29) is 6.03 Å². The molecule has 0 aromatic heterocycles. The fourth-order valence-corrected chi connectivity index (χ4v) is 2.88. The lowest BCUT2D eigenvalue weighted by Gasteiger charge is -2.18. The van der Waals surface area contributed by atoms with Crippen LogP contribution in [-0.2, 0) is 13.0 Å². The number of fused-ring (bicyclic) bond motifs is 1. The summed E-state index contributed by atoms with van der Waals surface area (Å²) in [6.45, 7) is 1.28. The summed E-state index contributed by atoms with van der Waals surface area (Å²) in [5, 5.41) is 2.98. The molecule has 3 nitrogen and oxygen atoms in total. The van der Waals surface area contributed by atoms with Crippen molar-refractivity contribution in [2.24, 2.45) is 0 Å². The molecule has 20 heavy (non-hydrogen) atoms. The Bertz CT molecular complexity index is 642. The van der Waals surface area contributed by atoms with Crippen molar-refractivity contribution in [3.05, 3.63) is 64.1 Å². The maximum atomic E-state index is 12.3. The quantitative estimate of drug-likeness (QED) is 0.894. The average Bonchev–Trinajstić information content (AvgIpc) is 2.90. The summed E-state index contributed by atoms with van der Waals surface area (Å²) in [5.74, 6) is 0. The third-order valence-corrected chi connectivity index (χ3v) is 4.29. The van der Waals surface area contributed by atoms with Gasteiger partial charge in [0.05, 0.1) is 0 Å². The molecule has 0 radical (unpaired) electrons. The van der Waals surface area contributed by atoms with Gasteiger partial charge in [-0.1, -0.05) is 52.3 Å². The molecular formula is C16H15BrN2O. The molecule has 1 N–H and O–H groups in total. The van der Waals surface area contributed by atoms with Crippen molar-refractivity contribution in [3.63, 3.8) is 0 Å². The van der Waals surface area contributed by atoms with E-state index in [0.717, 1.165) is 28.7 Å². The monoisotopic (exact) mass is 330 g/mol. The van der Waals surface area contributed by atoms with E-state index in [4.69, 9.17) is 0 Å². The van der Waals surface area contributed by atoms with Gasteiger partial charge in [0.25, 0.3) is 0 Å². The highest BCUT2D eigenvalue weighted by Crippen LogP contribution is 2.27. The van der Waals surface area contributed by atoms with Gasteiger partial charge in [-0.05, 0) is 29.7 Å². The number of nitrogens with zero attached hydrogens (tertiary/aromatic N) is 1. The molecule has 3 rings (SSSR count). The molecule has 0 aliphatic carbocycles. The lowest BCUT2D eigenvalue weighted by atomic mass is 10.2. The van der Waals surface area contributed by atoms with Crippen molar-refractivity contribution in [2.45, 2.75) is 13.0 Å². The van der Waals surface area contributed by atoms with E-state index in [1.165, 1.54) is 5.56 Å². The fraction of sp³-hybridized carbons (Fsp3) is 0.188. The van der Waals surface area contributed by atoms with Crippen LogP contribution in [0.25, 0.3) is 0 Å². The Kier molecular flexibility index (Phi) is 3.74. The highest BCUT2D eigenvalue weighted by Gasteiger charge is 2.23.